The molecule has 3 heteroatoms. The van der Waals surface area contributed by atoms with Gasteiger partial charge < -0.3 is 5.32 Å². The molecule has 0 saturated heterocycles. The summed E-state index contributed by atoms with van der Waals surface area (Å²) >= 11 is 5.82. The number of hydrogen-bond acceptors (Lipinski definition) is 2. The van der Waals surface area contributed by atoms with E-state index in [0.717, 1.165) is 29.4 Å². The highest BCUT2D eigenvalue weighted by atomic mass is 35.5. The van der Waals surface area contributed by atoms with Gasteiger partial charge in [0.05, 0.1) is 0 Å². The number of aromatic nitrogens is 1. The van der Waals surface area contributed by atoms with Gasteiger partial charge in [0.1, 0.15) is 0 Å². The fourth-order valence-corrected chi connectivity index (χ4v) is 1.69. The van der Waals surface area contributed by atoms with Gasteiger partial charge in [0.25, 0.3) is 0 Å². The summed E-state index contributed by atoms with van der Waals surface area (Å²) in [7, 11) is 0. The van der Waals surface area contributed by atoms with Crippen LogP contribution in [0.25, 0.3) is 0 Å². The van der Waals surface area contributed by atoms with Crippen LogP contribution in [0.4, 0.5) is 5.69 Å². The Morgan fingerprint density at radius 3 is 2.53 bits per heavy atom. The second-order valence-electron chi connectivity index (χ2n) is 3.99. The van der Waals surface area contributed by atoms with Crippen molar-refractivity contribution in [3.05, 3.63) is 58.9 Å². The highest BCUT2D eigenvalue weighted by molar-refractivity contribution is 6.30. The number of nitrogens with one attached hydrogen (secondary N) is 1. The Bertz CT molecular complexity index is 417. The van der Waals surface area contributed by atoms with Gasteiger partial charge in [-0.15, -0.1) is 0 Å². The minimum absolute atomic E-state index is 0.762. The SMILES string of the molecule is Cc1ccc(CCNc2ccc(Cl)cc2)cn1. The Balaban J connectivity index is 1.83. The van der Waals surface area contributed by atoms with Gasteiger partial charge in [0.15, 0.2) is 0 Å². The van der Waals surface area contributed by atoms with E-state index in [4.69, 9.17) is 11.6 Å². The van der Waals surface area contributed by atoms with Gasteiger partial charge in [-0.2, -0.15) is 0 Å². The van der Waals surface area contributed by atoms with Crippen LogP contribution in [0.1, 0.15) is 11.3 Å². The average molecular weight is 247 g/mol. The molecule has 1 aromatic heterocycles. The van der Waals surface area contributed by atoms with Gasteiger partial charge in [-0.3, -0.25) is 4.98 Å². The molecule has 88 valence electrons. The van der Waals surface area contributed by atoms with Crippen molar-refractivity contribution in [3.63, 3.8) is 0 Å². The summed E-state index contributed by atoms with van der Waals surface area (Å²) < 4.78 is 0. The van der Waals surface area contributed by atoms with Crippen LogP contribution in [0.2, 0.25) is 5.02 Å². The van der Waals surface area contributed by atoms with Crippen LogP contribution in [0.15, 0.2) is 42.6 Å². The van der Waals surface area contributed by atoms with E-state index in [1.54, 1.807) is 0 Å². The highest BCUT2D eigenvalue weighted by Crippen LogP contribution is 2.13. The molecule has 1 heterocycles. The summed E-state index contributed by atoms with van der Waals surface area (Å²) in [5.74, 6) is 0. The van der Waals surface area contributed by atoms with E-state index >= 15 is 0 Å². The number of halogens is 1. The lowest BCUT2D eigenvalue weighted by Crippen LogP contribution is -2.04. The summed E-state index contributed by atoms with van der Waals surface area (Å²) in [6, 6.07) is 11.9. The van der Waals surface area contributed by atoms with Crippen molar-refractivity contribution in [1.29, 1.82) is 0 Å². The Morgan fingerprint density at radius 1 is 1.12 bits per heavy atom. The van der Waals surface area contributed by atoms with E-state index in [9.17, 15) is 0 Å². The first-order valence-electron chi connectivity index (χ1n) is 5.65. The molecule has 0 aliphatic carbocycles. The largest absolute Gasteiger partial charge is 0.385 e. The molecule has 2 nitrogen and oxygen atoms in total. The van der Waals surface area contributed by atoms with Gasteiger partial charge in [0, 0.05) is 29.1 Å². The maximum absolute atomic E-state index is 5.82. The number of anilines is 1. The maximum atomic E-state index is 5.82. The molecule has 0 atom stereocenters. The molecule has 2 aromatic rings. The van der Waals surface area contributed by atoms with Gasteiger partial charge in [-0.25, -0.2) is 0 Å². The molecule has 0 spiro atoms. The summed E-state index contributed by atoms with van der Waals surface area (Å²) in [5, 5.41) is 4.11. The van der Waals surface area contributed by atoms with Crippen molar-refractivity contribution in [2.45, 2.75) is 13.3 Å². The first-order valence-corrected chi connectivity index (χ1v) is 6.03. The minimum atomic E-state index is 0.762. The molecule has 2 rings (SSSR count). The van der Waals surface area contributed by atoms with Crippen LogP contribution in [-0.2, 0) is 6.42 Å². The van der Waals surface area contributed by atoms with E-state index < -0.39 is 0 Å². The van der Waals surface area contributed by atoms with Gasteiger partial charge in [-0.1, -0.05) is 17.7 Å². The lowest BCUT2D eigenvalue weighted by atomic mass is 10.2. The molecule has 1 N–H and O–H groups in total. The van der Waals surface area contributed by atoms with Crippen molar-refractivity contribution in [1.82, 2.24) is 4.98 Å². The molecule has 0 fully saturated rings. The molecule has 0 aliphatic rings. The van der Waals surface area contributed by atoms with E-state index in [2.05, 4.69) is 16.4 Å². The van der Waals surface area contributed by atoms with Crippen LogP contribution < -0.4 is 5.32 Å². The Labute approximate surface area is 107 Å². The summed E-state index contributed by atoms with van der Waals surface area (Å²) in [6.07, 6.45) is 2.90. The van der Waals surface area contributed by atoms with Crippen molar-refractivity contribution < 1.29 is 0 Å². The van der Waals surface area contributed by atoms with Crippen LogP contribution in [0, 0.1) is 6.92 Å². The molecule has 0 bridgehead atoms. The average Bonchev–Trinajstić information content (AvgIpc) is 2.34. The summed E-state index contributed by atoms with van der Waals surface area (Å²) in [5.41, 5.74) is 3.39. The second-order valence-corrected chi connectivity index (χ2v) is 4.43. The zero-order chi connectivity index (χ0) is 12.1. The van der Waals surface area contributed by atoms with Gasteiger partial charge in [-0.05, 0) is 49.2 Å². The number of nitrogens with zero attached hydrogens (tertiary/aromatic N) is 1. The van der Waals surface area contributed by atoms with Crippen molar-refractivity contribution in [2.75, 3.05) is 11.9 Å². The first-order chi connectivity index (χ1) is 8.24. The van der Waals surface area contributed by atoms with Crippen molar-refractivity contribution in [3.8, 4) is 0 Å². The second kappa shape index (κ2) is 5.69. The molecule has 0 unspecified atom stereocenters. The number of pyridine rings is 1. The third-order valence-electron chi connectivity index (χ3n) is 2.56. The number of rotatable bonds is 4. The molecule has 17 heavy (non-hydrogen) atoms. The smallest absolute Gasteiger partial charge is 0.0407 e. The molecule has 0 aliphatic heterocycles. The molecule has 0 radical (unpaired) electrons. The van der Waals surface area contributed by atoms with Gasteiger partial charge >= 0.3 is 0 Å². The molecular formula is C14H15ClN2. The van der Waals surface area contributed by atoms with E-state index in [1.165, 1.54) is 5.56 Å². The van der Waals surface area contributed by atoms with Crippen molar-refractivity contribution >= 4 is 17.3 Å². The van der Waals surface area contributed by atoms with Crippen molar-refractivity contribution in [2.24, 2.45) is 0 Å². The summed E-state index contributed by atoms with van der Waals surface area (Å²) in [4.78, 5) is 4.27. The Morgan fingerprint density at radius 2 is 1.88 bits per heavy atom. The molecule has 0 amide bonds. The zero-order valence-electron chi connectivity index (χ0n) is 9.78. The molecule has 0 saturated carbocycles. The van der Waals surface area contributed by atoms with Crippen LogP contribution in [0.5, 0.6) is 0 Å². The van der Waals surface area contributed by atoms with E-state index in [0.29, 0.717) is 0 Å². The lowest BCUT2D eigenvalue weighted by Gasteiger charge is -2.06. The van der Waals surface area contributed by atoms with Crippen LogP contribution in [0.3, 0.4) is 0 Å². The monoisotopic (exact) mass is 246 g/mol. The van der Waals surface area contributed by atoms with E-state index in [1.807, 2.05) is 43.5 Å². The quantitative estimate of drug-likeness (QED) is 0.890. The van der Waals surface area contributed by atoms with E-state index in [-0.39, 0.29) is 0 Å². The fraction of sp³-hybridized carbons (Fsp3) is 0.214. The summed E-state index contributed by atoms with van der Waals surface area (Å²) in [6.45, 7) is 2.89. The normalized spacial score (nSPS) is 10.2. The Kier molecular flexibility index (Phi) is 3.99. The Hall–Kier alpha value is -1.54. The molecular weight excluding hydrogens is 232 g/mol. The van der Waals surface area contributed by atoms with Crippen LogP contribution in [-0.4, -0.2) is 11.5 Å². The van der Waals surface area contributed by atoms with Crippen LogP contribution >= 0.6 is 11.6 Å². The number of benzene rings is 1. The number of aryl methyl sites for hydroxylation is 1. The molecule has 1 aromatic carbocycles. The highest BCUT2D eigenvalue weighted by Gasteiger charge is 1.95. The van der Waals surface area contributed by atoms with Gasteiger partial charge in [0.2, 0.25) is 0 Å². The third-order valence-corrected chi connectivity index (χ3v) is 2.81. The fourth-order valence-electron chi connectivity index (χ4n) is 1.57. The topological polar surface area (TPSA) is 24.9 Å². The lowest BCUT2D eigenvalue weighted by molar-refractivity contribution is 0.997. The minimum Gasteiger partial charge on any atom is -0.385 e. The number of hydrogen-bond donors (Lipinski definition) is 1. The third kappa shape index (κ3) is 3.75. The predicted molar refractivity (Wildman–Crippen MR) is 72.6 cm³/mol. The zero-order valence-corrected chi connectivity index (χ0v) is 10.5. The standard InChI is InChI=1S/C14H15ClN2/c1-11-2-3-12(10-17-11)8-9-16-14-6-4-13(15)5-7-14/h2-7,10,16H,8-9H2,1H3. The maximum Gasteiger partial charge on any atom is 0.0407 e. The first kappa shape index (κ1) is 11.9. The predicted octanol–water partition coefficient (Wildman–Crippen LogP) is 3.70.